The van der Waals surface area contributed by atoms with Crippen LogP contribution in [0.2, 0.25) is 0 Å². The number of para-hydroxylation sites is 1. The highest BCUT2D eigenvalue weighted by atomic mass is 16.2. The number of nitrogens with zero attached hydrogens (tertiary/aromatic N) is 4. The summed E-state index contributed by atoms with van der Waals surface area (Å²) in [5.41, 5.74) is 4.49. The summed E-state index contributed by atoms with van der Waals surface area (Å²) in [6.45, 7) is 2.89. The van der Waals surface area contributed by atoms with Crippen LogP contribution in [0, 0.1) is 5.92 Å². The van der Waals surface area contributed by atoms with E-state index >= 15 is 0 Å². The second-order valence-electron chi connectivity index (χ2n) is 7.17. The number of benzene rings is 1. The molecule has 1 unspecified atom stereocenters. The van der Waals surface area contributed by atoms with E-state index in [1.807, 2.05) is 11.9 Å². The minimum absolute atomic E-state index is 0.0153. The molecule has 1 aromatic heterocycles. The molecule has 1 N–H and O–H groups in total. The molecule has 6 heteroatoms. The van der Waals surface area contributed by atoms with Crippen molar-refractivity contribution in [3.05, 3.63) is 41.2 Å². The van der Waals surface area contributed by atoms with Crippen LogP contribution in [0.5, 0.6) is 0 Å². The van der Waals surface area contributed by atoms with E-state index in [-0.39, 0.29) is 11.8 Å². The van der Waals surface area contributed by atoms with Gasteiger partial charge in [-0.25, -0.2) is 0 Å². The summed E-state index contributed by atoms with van der Waals surface area (Å²) in [6, 6.07) is 8.48. The quantitative estimate of drug-likeness (QED) is 0.927. The Balaban J connectivity index is 1.45. The Kier molecular flexibility index (Phi) is 4.42. The van der Waals surface area contributed by atoms with Gasteiger partial charge in [0.1, 0.15) is 0 Å². The third-order valence-electron chi connectivity index (χ3n) is 5.44. The highest BCUT2D eigenvalue weighted by molar-refractivity contribution is 5.79. The molecule has 1 saturated heterocycles. The van der Waals surface area contributed by atoms with Crippen LogP contribution in [0.4, 0.5) is 5.69 Å². The van der Waals surface area contributed by atoms with Crippen LogP contribution in [0.1, 0.15) is 36.2 Å². The molecule has 4 rings (SSSR count). The van der Waals surface area contributed by atoms with Gasteiger partial charge in [0.05, 0.1) is 11.4 Å². The number of hydrogen-bond donors (Lipinski definition) is 1. The minimum Gasteiger partial charge on any atom is -0.371 e. The molecule has 1 aromatic carbocycles. The van der Waals surface area contributed by atoms with E-state index in [0.29, 0.717) is 13.0 Å². The predicted octanol–water partition coefficient (Wildman–Crippen LogP) is 2.17. The molecule has 1 atom stereocenters. The van der Waals surface area contributed by atoms with E-state index in [4.69, 9.17) is 0 Å². The highest BCUT2D eigenvalue weighted by Gasteiger charge is 2.29. The van der Waals surface area contributed by atoms with Gasteiger partial charge in [0.25, 0.3) is 0 Å². The molecular weight excluding hydrogens is 314 g/mol. The molecule has 1 aliphatic carbocycles. The molecule has 25 heavy (non-hydrogen) atoms. The Labute approximate surface area is 148 Å². The van der Waals surface area contributed by atoms with Crippen molar-refractivity contribution in [2.24, 2.45) is 5.92 Å². The average Bonchev–Trinajstić information content (AvgIpc) is 3.32. The third-order valence-corrected chi connectivity index (χ3v) is 5.44. The normalized spacial score (nSPS) is 19.7. The number of carbonyl (C=O) groups excluding carboxylic acids is 1. The van der Waals surface area contributed by atoms with E-state index in [9.17, 15) is 4.79 Å². The fourth-order valence-corrected chi connectivity index (χ4v) is 4.05. The lowest BCUT2D eigenvalue weighted by atomic mass is 9.88. The van der Waals surface area contributed by atoms with Gasteiger partial charge >= 0.3 is 0 Å². The van der Waals surface area contributed by atoms with Gasteiger partial charge in [-0.1, -0.05) is 18.2 Å². The second-order valence-corrected chi connectivity index (χ2v) is 7.17. The lowest BCUT2D eigenvalue weighted by Crippen LogP contribution is -2.36. The third kappa shape index (κ3) is 3.25. The number of rotatable bonds is 4. The molecule has 1 fully saturated rings. The largest absolute Gasteiger partial charge is 0.371 e. The number of aromatic nitrogens is 3. The molecular formula is C19H25N5O. The minimum atomic E-state index is 0.0153. The molecule has 0 saturated carbocycles. The molecule has 0 spiro atoms. The van der Waals surface area contributed by atoms with Crippen LogP contribution in [-0.4, -0.2) is 46.4 Å². The summed E-state index contributed by atoms with van der Waals surface area (Å²) in [5, 5.41) is 11.0. The Bertz CT molecular complexity index is 750. The number of aryl methyl sites for hydroxylation is 1. The van der Waals surface area contributed by atoms with Crippen molar-refractivity contribution >= 4 is 11.6 Å². The lowest BCUT2D eigenvalue weighted by molar-refractivity contribution is -0.135. The summed E-state index contributed by atoms with van der Waals surface area (Å²) in [5.74, 6) is 0.228. The molecule has 2 aromatic rings. The van der Waals surface area contributed by atoms with Gasteiger partial charge in [-0.3, -0.25) is 4.79 Å². The van der Waals surface area contributed by atoms with Crippen LogP contribution in [0.15, 0.2) is 24.3 Å². The van der Waals surface area contributed by atoms with Crippen molar-refractivity contribution in [3.8, 4) is 0 Å². The SMILES string of the molecule is CN(Cc1ccccc1N1CCCC1)C(=O)C1CCc2n[nH]nc2C1. The molecule has 2 heterocycles. The van der Waals surface area contributed by atoms with Crippen molar-refractivity contribution in [1.82, 2.24) is 20.3 Å². The lowest BCUT2D eigenvalue weighted by Gasteiger charge is -2.28. The van der Waals surface area contributed by atoms with Crippen molar-refractivity contribution in [1.29, 1.82) is 0 Å². The van der Waals surface area contributed by atoms with Gasteiger partial charge in [0.15, 0.2) is 0 Å². The van der Waals surface area contributed by atoms with E-state index in [1.165, 1.54) is 24.1 Å². The first-order chi connectivity index (χ1) is 12.2. The highest BCUT2D eigenvalue weighted by Crippen LogP contribution is 2.27. The maximum atomic E-state index is 12.9. The van der Waals surface area contributed by atoms with Crippen molar-refractivity contribution in [2.75, 3.05) is 25.0 Å². The molecule has 1 aliphatic heterocycles. The standard InChI is InChI=1S/C19H25N5O/c1-23(19(25)14-8-9-16-17(12-14)21-22-20-16)13-15-6-2-3-7-18(15)24-10-4-5-11-24/h2-3,6-7,14H,4-5,8-13H2,1H3,(H,20,21,22). The number of H-pyrrole nitrogens is 1. The molecule has 6 nitrogen and oxygen atoms in total. The number of anilines is 1. The summed E-state index contributed by atoms with van der Waals surface area (Å²) in [7, 11) is 1.92. The van der Waals surface area contributed by atoms with E-state index in [1.54, 1.807) is 0 Å². The summed E-state index contributed by atoms with van der Waals surface area (Å²) < 4.78 is 0. The summed E-state index contributed by atoms with van der Waals surface area (Å²) in [4.78, 5) is 17.2. The number of hydrogen-bond acceptors (Lipinski definition) is 4. The maximum Gasteiger partial charge on any atom is 0.226 e. The van der Waals surface area contributed by atoms with Gasteiger partial charge in [-0.05, 0) is 37.3 Å². The Morgan fingerprint density at radius 2 is 2.00 bits per heavy atom. The van der Waals surface area contributed by atoms with Crippen molar-refractivity contribution < 1.29 is 4.79 Å². The van der Waals surface area contributed by atoms with E-state index in [0.717, 1.165) is 37.3 Å². The maximum absolute atomic E-state index is 12.9. The number of carbonyl (C=O) groups is 1. The Morgan fingerprint density at radius 1 is 1.24 bits per heavy atom. The van der Waals surface area contributed by atoms with Gasteiger partial charge in [0, 0.05) is 44.7 Å². The van der Waals surface area contributed by atoms with Gasteiger partial charge < -0.3 is 9.80 Å². The van der Waals surface area contributed by atoms with Crippen molar-refractivity contribution in [2.45, 2.75) is 38.6 Å². The number of fused-ring (bicyclic) bond motifs is 1. The van der Waals surface area contributed by atoms with Crippen LogP contribution < -0.4 is 4.90 Å². The smallest absolute Gasteiger partial charge is 0.226 e. The fourth-order valence-electron chi connectivity index (χ4n) is 4.05. The topological polar surface area (TPSA) is 65.1 Å². The van der Waals surface area contributed by atoms with Crippen LogP contribution in [-0.2, 0) is 24.2 Å². The Hall–Kier alpha value is -2.37. The summed E-state index contributed by atoms with van der Waals surface area (Å²) in [6.07, 6.45) is 4.90. The molecule has 1 amide bonds. The van der Waals surface area contributed by atoms with Crippen molar-refractivity contribution in [3.63, 3.8) is 0 Å². The van der Waals surface area contributed by atoms with Gasteiger partial charge in [0.2, 0.25) is 5.91 Å². The number of nitrogens with one attached hydrogen (secondary N) is 1. The zero-order chi connectivity index (χ0) is 17.2. The first kappa shape index (κ1) is 16.1. The average molecular weight is 339 g/mol. The molecule has 2 aliphatic rings. The van der Waals surface area contributed by atoms with Crippen LogP contribution in [0.3, 0.4) is 0 Å². The number of aromatic amines is 1. The molecule has 0 bridgehead atoms. The monoisotopic (exact) mass is 339 g/mol. The fraction of sp³-hybridized carbons (Fsp3) is 0.526. The first-order valence-electron chi connectivity index (χ1n) is 9.18. The van der Waals surface area contributed by atoms with E-state index in [2.05, 4.69) is 44.6 Å². The molecule has 132 valence electrons. The van der Waals surface area contributed by atoms with Crippen LogP contribution >= 0.6 is 0 Å². The zero-order valence-electron chi connectivity index (χ0n) is 14.7. The second kappa shape index (κ2) is 6.86. The first-order valence-corrected chi connectivity index (χ1v) is 9.18. The predicted molar refractivity (Wildman–Crippen MR) is 96.3 cm³/mol. The Morgan fingerprint density at radius 3 is 2.84 bits per heavy atom. The molecule has 0 radical (unpaired) electrons. The van der Waals surface area contributed by atoms with Gasteiger partial charge in [-0.2, -0.15) is 15.4 Å². The summed E-state index contributed by atoms with van der Waals surface area (Å²) >= 11 is 0. The zero-order valence-corrected chi connectivity index (χ0v) is 14.7. The van der Waals surface area contributed by atoms with Crippen LogP contribution in [0.25, 0.3) is 0 Å². The number of amides is 1. The van der Waals surface area contributed by atoms with Gasteiger partial charge in [-0.15, -0.1) is 0 Å². The van der Waals surface area contributed by atoms with E-state index < -0.39 is 0 Å².